The number of Topliss-reactive ketones (excluding diaryl/α,β-unsaturated/α-hetero) is 1. The Morgan fingerprint density at radius 1 is 1.06 bits per heavy atom. The summed E-state index contributed by atoms with van der Waals surface area (Å²) in [6.07, 6.45) is 0.915. The standard InChI is InChI=1S/C25H17BrF2N2O4S/c26-16-5-3-4-15(8-16)12-30-13-23(25-19(28)9-17(27)10-21(25)30)35(32,33)14-18(31)11-24-29-20-6-1-2-7-22(20)34-24/h1-10,13H,11-12,14H2. The minimum atomic E-state index is -4.26. The second-order valence-electron chi connectivity index (χ2n) is 8.08. The number of carbonyl (C=O) groups is 1. The van der Waals surface area contributed by atoms with Crippen LogP contribution in [-0.2, 0) is 27.6 Å². The van der Waals surface area contributed by atoms with Crippen molar-refractivity contribution in [3.8, 4) is 0 Å². The molecule has 0 aliphatic heterocycles. The van der Waals surface area contributed by atoms with Gasteiger partial charge in [-0.05, 0) is 35.9 Å². The molecule has 0 atom stereocenters. The first-order valence-electron chi connectivity index (χ1n) is 10.5. The Morgan fingerprint density at radius 2 is 1.86 bits per heavy atom. The average Bonchev–Trinajstić information content (AvgIpc) is 3.35. The number of sulfone groups is 1. The Labute approximate surface area is 207 Å². The number of ketones is 1. The van der Waals surface area contributed by atoms with Crippen molar-refractivity contribution >= 4 is 53.6 Å². The lowest BCUT2D eigenvalue weighted by molar-refractivity contribution is -0.116. The number of halogens is 3. The van der Waals surface area contributed by atoms with Crippen molar-refractivity contribution in [2.24, 2.45) is 0 Å². The number of fused-ring (bicyclic) bond motifs is 2. The molecule has 0 aliphatic carbocycles. The largest absolute Gasteiger partial charge is 0.440 e. The Bertz CT molecular complexity index is 1680. The molecular weight excluding hydrogens is 542 g/mol. The van der Waals surface area contributed by atoms with E-state index in [-0.39, 0.29) is 34.7 Å². The van der Waals surface area contributed by atoms with E-state index < -0.39 is 33.0 Å². The molecular formula is C25H17BrF2N2O4S. The predicted octanol–water partition coefficient (Wildman–Crippen LogP) is 5.46. The highest BCUT2D eigenvalue weighted by Crippen LogP contribution is 2.31. The molecule has 0 N–H and O–H groups in total. The molecule has 0 fully saturated rings. The van der Waals surface area contributed by atoms with Crippen molar-refractivity contribution in [3.63, 3.8) is 0 Å². The quantitative estimate of drug-likeness (QED) is 0.265. The summed E-state index contributed by atoms with van der Waals surface area (Å²) in [7, 11) is -4.26. The number of benzene rings is 3. The van der Waals surface area contributed by atoms with E-state index >= 15 is 0 Å². The maximum Gasteiger partial charge on any atom is 0.202 e. The summed E-state index contributed by atoms with van der Waals surface area (Å²) in [5.41, 5.74) is 1.90. The van der Waals surface area contributed by atoms with Gasteiger partial charge in [0.25, 0.3) is 0 Å². The maximum absolute atomic E-state index is 14.8. The summed E-state index contributed by atoms with van der Waals surface area (Å²) in [5.74, 6) is -3.29. The molecule has 3 aromatic carbocycles. The van der Waals surface area contributed by atoms with E-state index in [0.29, 0.717) is 17.2 Å². The highest BCUT2D eigenvalue weighted by Gasteiger charge is 2.27. The van der Waals surface area contributed by atoms with Gasteiger partial charge in [-0.3, -0.25) is 4.79 Å². The number of para-hydroxylation sites is 2. The number of hydrogen-bond acceptors (Lipinski definition) is 5. The lowest BCUT2D eigenvalue weighted by atomic mass is 10.2. The number of carbonyl (C=O) groups excluding carboxylic acids is 1. The van der Waals surface area contributed by atoms with Gasteiger partial charge in [0.1, 0.15) is 22.9 Å². The fourth-order valence-corrected chi connectivity index (χ4v) is 5.94. The number of nitrogens with zero attached hydrogens (tertiary/aromatic N) is 2. The van der Waals surface area contributed by atoms with Crippen LogP contribution < -0.4 is 0 Å². The van der Waals surface area contributed by atoms with Crippen LogP contribution in [0.15, 0.2) is 80.6 Å². The molecule has 2 heterocycles. The first kappa shape index (κ1) is 23.4. The minimum Gasteiger partial charge on any atom is -0.440 e. The van der Waals surface area contributed by atoms with Crippen molar-refractivity contribution in [2.45, 2.75) is 17.9 Å². The second-order valence-corrected chi connectivity index (χ2v) is 11.0. The van der Waals surface area contributed by atoms with Gasteiger partial charge in [0.15, 0.2) is 21.2 Å². The lowest BCUT2D eigenvalue weighted by Crippen LogP contribution is -2.18. The van der Waals surface area contributed by atoms with Crippen molar-refractivity contribution in [1.82, 2.24) is 9.55 Å². The zero-order chi connectivity index (χ0) is 24.7. The molecule has 0 radical (unpaired) electrons. The molecule has 0 unspecified atom stereocenters. The van der Waals surface area contributed by atoms with E-state index in [1.807, 2.05) is 18.2 Å². The zero-order valence-electron chi connectivity index (χ0n) is 18.0. The fourth-order valence-electron chi connectivity index (χ4n) is 4.01. The third kappa shape index (κ3) is 4.76. The molecule has 0 saturated heterocycles. The monoisotopic (exact) mass is 558 g/mol. The highest BCUT2D eigenvalue weighted by atomic mass is 79.9. The van der Waals surface area contributed by atoms with Gasteiger partial charge in [-0.25, -0.2) is 22.2 Å². The summed E-state index contributed by atoms with van der Waals surface area (Å²) >= 11 is 3.38. The molecule has 0 spiro atoms. The topological polar surface area (TPSA) is 82.2 Å². The van der Waals surface area contributed by atoms with Crippen LogP contribution in [0, 0.1) is 11.6 Å². The minimum absolute atomic E-state index is 0.0763. The number of rotatable bonds is 7. The van der Waals surface area contributed by atoms with Crippen LogP contribution >= 0.6 is 15.9 Å². The third-order valence-electron chi connectivity index (χ3n) is 5.48. The summed E-state index contributed by atoms with van der Waals surface area (Å²) in [6, 6.07) is 15.9. The fraction of sp³-hybridized carbons (Fsp3) is 0.120. The first-order chi connectivity index (χ1) is 16.7. The predicted molar refractivity (Wildman–Crippen MR) is 130 cm³/mol. The number of oxazole rings is 1. The van der Waals surface area contributed by atoms with Gasteiger partial charge < -0.3 is 8.98 Å². The smallest absolute Gasteiger partial charge is 0.202 e. The third-order valence-corrected chi connectivity index (χ3v) is 7.65. The van der Waals surface area contributed by atoms with Crippen LogP contribution in [0.25, 0.3) is 22.0 Å². The Morgan fingerprint density at radius 3 is 2.63 bits per heavy atom. The van der Waals surface area contributed by atoms with Gasteiger partial charge in [0, 0.05) is 23.3 Å². The summed E-state index contributed by atoms with van der Waals surface area (Å²) < 4.78 is 63.1. The first-order valence-corrected chi connectivity index (χ1v) is 13.0. The van der Waals surface area contributed by atoms with Crippen LogP contribution in [0.3, 0.4) is 0 Å². The van der Waals surface area contributed by atoms with Crippen molar-refractivity contribution in [2.75, 3.05) is 5.75 Å². The molecule has 35 heavy (non-hydrogen) atoms. The molecule has 0 bridgehead atoms. The van der Waals surface area contributed by atoms with Crippen molar-refractivity contribution in [1.29, 1.82) is 0 Å². The molecule has 0 amide bonds. The van der Waals surface area contributed by atoms with Gasteiger partial charge in [-0.15, -0.1) is 0 Å². The Balaban J connectivity index is 1.49. The van der Waals surface area contributed by atoms with Crippen LogP contribution in [0.1, 0.15) is 11.5 Å². The number of aromatic nitrogens is 2. The van der Waals surface area contributed by atoms with Crippen LogP contribution in [0.4, 0.5) is 8.78 Å². The molecule has 10 heteroatoms. The highest BCUT2D eigenvalue weighted by molar-refractivity contribution is 9.10. The van der Waals surface area contributed by atoms with Gasteiger partial charge in [0.05, 0.1) is 22.2 Å². The van der Waals surface area contributed by atoms with E-state index in [1.165, 1.54) is 10.8 Å². The molecule has 5 aromatic rings. The van der Waals surface area contributed by atoms with Gasteiger partial charge >= 0.3 is 0 Å². The summed E-state index contributed by atoms with van der Waals surface area (Å²) in [5, 5.41) is -0.254. The lowest BCUT2D eigenvalue weighted by Gasteiger charge is -2.06. The normalized spacial score (nSPS) is 12.0. The Kier molecular flexibility index (Phi) is 6.02. The van der Waals surface area contributed by atoms with E-state index in [1.54, 1.807) is 30.3 Å². The van der Waals surface area contributed by atoms with E-state index in [4.69, 9.17) is 4.42 Å². The van der Waals surface area contributed by atoms with Crippen LogP contribution in [0.2, 0.25) is 0 Å². The molecule has 5 rings (SSSR count). The average molecular weight is 559 g/mol. The SMILES string of the molecule is O=C(Cc1nc2ccccc2o1)CS(=O)(=O)c1cn(Cc2cccc(Br)c2)c2cc(F)cc(F)c12. The molecule has 2 aromatic heterocycles. The maximum atomic E-state index is 14.8. The van der Waals surface area contributed by atoms with Crippen molar-refractivity contribution in [3.05, 3.63) is 94.4 Å². The van der Waals surface area contributed by atoms with Gasteiger partial charge in [-0.1, -0.05) is 40.2 Å². The Hall–Kier alpha value is -3.37. The van der Waals surface area contributed by atoms with Crippen LogP contribution in [0.5, 0.6) is 0 Å². The number of hydrogen-bond donors (Lipinski definition) is 0. The second kappa shape index (κ2) is 9.01. The molecule has 6 nitrogen and oxygen atoms in total. The zero-order valence-corrected chi connectivity index (χ0v) is 20.4. The van der Waals surface area contributed by atoms with Gasteiger partial charge in [0.2, 0.25) is 5.89 Å². The summed E-state index contributed by atoms with van der Waals surface area (Å²) in [4.78, 5) is 16.5. The molecule has 178 valence electrons. The van der Waals surface area contributed by atoms with E-state index in [0.717, 1.165) is 16.1 Å². The molecule has 0 aliphatic rings. The molecule has 0 saturated carbocycles. The van der Waals surface area contributed by atoms with E-state index in [9.17, 15) is 22.0 Å². The van der Waals surface area contributed by atoms with Crippen molar-refractivity contribution < 1.29 is 26.4 Å². The van der Waals surface area contributed by atoms with E-state index in [2.05, 4.69) is 20.9 Å². The van der Waals surface area contributed by atoms with Gasteiger partial charge in [-0.2, -0.15) is 0 Å². The summed E-state index contributed by atoms with van der Waals surface area (Å²) in [6.45, 7) is 0.172. The van der Waals surface area contributed by atoms with Crippen LogP contribution in [-0.4, -0.2) is 29.5 Å².